The van der Waals surface area contributed by atoms with Crippen LogP contribution in [0.5, 0.6) is 0 Å². The van der Waals surface area contributed by atoms with Gasteiger partial charge in [-0.3, -0.25) is 0 Å². The summed E-state index contributed by atoms with van der Waals surface area (Å²) >= 11 is 6.35. The quantitative estimate of drug-likeness (QED) is 0.669. The van der Waals surface area contributed by atoms with Gasteiger partial charge < -0.3 is 10.2 Å². The highest BCUT2D eigenvalue weighted by Gasteiger charge is 2.22. The Morgan fingerprint density at radius 1 is 1.37 bits per heavy atom. The van der Waals surface area contributed by atoms with Crippen molar-refractivity contribution in [2.45, 2.75) is 17.9 Å². The summed E-state index contributed by atoms with van der Waals surface area (Å²) in [5.74, 6) is -1.49. The second kappa shape index (κ2) is 6.31. The number of aryl methyl sites for hydroxylation is 1. The van der Waals surface area contributed by atoms with Crippen LogP contribution in [0.3, 0.4) is 0 Å². The first kappa shape index (κ1) is 16.6. The van der Waals surface area contributed by atoms with Crippen molar-refractivity contribution in [3.63, 3.8) is 0 Å². The van der Waals surface area contributed by atoms with Gasteiger partial charge >= 0.3 is 5.97 Å². The van der Waals surface area contributed by atoms with Gasteiger partial charge in [0, 0.05) is 15.5 Å². The van der Waals surface area contributed by atoms with Crippen LogP contribution in [0.15, 0.2) is 26.0 Å². The predicted octanol–water partition coefficient (Wildman–Crippen LogP) is 1.24. The molecule has 0 radical (unpaired) electrons. The number of rotatable bonds is 5. The Balaban J connectivity index is 3.01. The van der Waals surface area contributed by atoms with E-state index in [1.165, 1.54) is 6.07 Å². The molecule has 1 aromatic carbocycles. The number of carbonyl (C=O) groups is 1. The van der Waals surface area contributed by atoms with E-state index in [9.17, 15) is 13.2 Å². The SMILES string of the molecule is Cc1cc(Br)c(S(=O)(=O)NC[C@H](O)C(=O)O)cc1Br. The molecule has 1 atom stereocenters. The first-order chi connectivity index (χ1) is 8.65. The minimum Gasteiger partial charge on any atom is -0.479 e. The lowest BCUT2D eigenvalue weighted by molar-refractivity contribution is -0.146. The topological polar surface area (TPSA) is 104 Å². The Bertz CT molecular complexity index is 602. The summed E-state index contributed by atoms with van der Waals surface area (Å²) in [4.78, 5) is 10.4. The third kappa shape index (κ3) is 4.25. The minimum atomic E-state index is -3.91. The van der Waals surface area contributed by atoms with E-state index in [0.29, 0.717) is 8.95 Å². The van der Waals surface area contributed by atoms with Crippen molar-refractivity contribution in [2.24, 2.45) is 0 Å². The number of benzene rings is 1. The second-order valence-corrected chi connectivity index (χ2v) is 7.18. The molecular weight excluding hydrogens is 406 g/mol. The summed E-state index contributed by atoms with van der Waals surface area (Å²) in [6.07, 6.45) is -1.79. The Morgan fingerprint density at radius 2 is 1.95 bits per heavy atom. The maximum absolute atomic E-state index is 12.0. The van der Waals surface area contributed by atoms with Crippen LogP contribution in [0.1, 0.15) is 5.56 Å². The molecule has 1 aromatic rings. The molecule has 0 saturated heterocycles. The fourth-order valence-corrected chi connectivity index (χ4v) is 3.90. The first-order valence-electron chi connectivity index (χ1n) is 5.01. The number of sulfonamides is 1. The molecule has 0 aromatic heterocycles. The van der Waals surface area contributed by atoms with Gasteiger partial charge in [-0.05, 0) is 40.5 Å². The van der Waals surface area contributed by atoms with E-state index in [2.05, 4.69) is 31.9 Å². The van der Waals surface area contributed by atoms with Crippen LogP contribution in [0.4, 0.5) is 0 Å². The first-order valence-corrected chi connectivity index (χ1v) is 8.08. The Morgan fingerprint density at radius 3 is 2.47 bits per heavy atom. The van der Waals surface area contributed by atoms with E-state index in [1.807, 2.05) is 4.72 Å². The van der Waals surface area contributed by atoms with Crippen molar-refractivity contribution >= 4 is 47.9 Å². The summed E-state index contributed by atoms with van der Waals surface area (Å²) in [6, 6.07) is 3.02. The van der Waals surface area contributed by atoms with Gasteiger partial charge in [0.15, 0.2) is 6.10 Å². The lowest BCUT2D eigenvalue weighted by Gasteiger charge is -2.11. The van der Waals surface area contributed by atoms with E-state index in [1.54, 1.807) is 13.0 Å². The normalized spacial score (nSPS) is 13.3. The number of halogens is 2. The Hall–Kier alpha value is -0.480. The van der Waals surface area contributed by atoms with Gasteiger partial charge in [0.2, 0.25) is 10.0 Å². The third-order valence-corrected chi connectivity index (χ3v) is 5.49. The molecule has 1 rings (SSSR count). The molecule has 6 nitrogen and oxygen atoms in total. The van der Waals surface area contributed by atoms with Gasteiger partial charge in [0.05, 0.1) is 4.90 Å². The standard InChI is InChI=1S/C10H11Br2NO5S/c1-5-2-7(12)9(3-6(5)11)19(17,18)13-4-8(14)10(15)16/h2-3,8,13-14H,4H2,1H3,(H,15,16)/t8-/m0/s1. The molecule has 0 bridgehead atoms. The molecule has 0 heterocycles. The van der Waals surface area contributed by atoms with Crippen LogP contribution in [-0.2, 0) is 14.8 Å². The number of hydrogen-bond donors (Lipinski definition) is 3. The Kier molecular flexibility index (Phi) is 5.51. The van der Waals surface area contributed by atoms with E-state index < -0.39 is 28.6 Å². The maximum Gasteiger partial charge on any atom is 0.333 e. The van der Waals surface area contributed by atoms with Crippen molar-refractivity contribution in [1.82, 2.24) is 4.72 Å². The zero-order valence-corrected chi connectivity index (χ0v) is 13.7. The molecule has 3 N–H and O–H groups in total. The van der Waals surface area contributed by atoms with E-state index in [-0.39, 0.29) is 4.90 Å². The summed E-state index contributed by atoms with van der Waals surface area (Å²) < 4.78 is 26.9. The van der Waals surface area contributed by atoms with Crippen molar-refractivity contribution in [2.75, 3.05) is 6.54 Å². The Labute approximate surface area is 127 Å². The van der Waals surface area contributed by atoms with Gasteiger partial charge in [0.25, 0.3) is 0 Å². The minimum absolute atomic E-state index is 0.0393. The fourth-order valence-electron chi connectivity index (χ4n) is 1.19. The number of nitrogens with one attached hydrogen (secondary N) is 1. The number of aliphatic hydroxyl groups excluding tert-OH is 1. The maximum atomic E-state index is 12.0. The molecule has 0 aliphatic carbocycles. The summed E-state index contributed by atoms with van der Waals surface area (Å²) in [5, 5.41) is 17.5. The molecular formula is C10H11Br2NO5S. The lowest BCUT2D eigenvalue weighted by Crippen LogP contribution is -2.36. The summed E-state index contributed by atoms with van der Waals surface area (Å²) in [5.41, 5.74) is 0.844. The van der Waals surface area contributed by atoms with Crippen LogP contribution in [0, 0.1) is 6.92 Å². The molecule has 9 heteroatoms. The highest BCUT2D eigenvalue weighted by atomic mass is 79.9. The van der Waals surface area contributed by atoms with Gasteiger partial charge in [-0.25, -0.2) is 17.9 Å². The van der Waals surface area contributed by atoms with Gasteiger partial charge in [-0.2, -0.15) is 0 Å². The van der Waals surface area contributed by atoms with Crippen LogP contribution < -0.4 is 4.72 Å². The molecule has 0 saturated carbocycles. The molecule has 0 unspecified atom stereocenters. The number of aliphatic hydroxyl groups is 1. The highest BCUT2D eigenvalue weighted by molar-refractivity contribution is 9.11. The molecule has 0 fully saturated rings. The number of aliphatic carboxylic acids is 1. The van der Waals surface area contributed by atoms with Crippen LogP contribution in [-0.4, -0.2) is 37.2 Å². The molecule has 0 spiro atoms. The molecule has 0 amide bonds. The zero-order valence-electron chi connectivity index (χ0n) is 9.72. The van der Waals surface area contributed by atoms with Crippen molar-refractivity contribution in [1.29, 1.82) is 0 Å². The van der Waals surface area contributed by atoms with Gasteiger partial charge in [0.1, 0.15) is 0 Å². The summed E-state index contributed by atoms with van der Waals surface area (Å²) in [6.45, 7) is 1.20. The smallest absolute Gasteiger partial charge is 0.333 e. The van der Waals surface area contributed by atoms with E-state index in [0.717, 1.165) is 5.56 Å². The van der Waals surface area contributed by atoms with Crippen LogP contribution >= 0.6 is 31.9 Å². The number of carboxylic acids is 1. The number of hydrogen-bond acceptors (Lipinski definition) is 4. The third-order valence-electron chi connectivity index (χ3n) is 2.25. The zero-order chi connectivity index (χ0) is 14.8. The molecule has 106 valence electrons. The second-order valence-electron chi connectivity index (χ2n) is 3.74. The average molecular weight is 417 g/mol. The van der Waals surface area contributed by atoms with E-state index >= 15 is 0 Å². The molecule has 0 aliphatic rings. The highest BCUT2D eigenvalue weighted by Crippen LogP contribution is 2.28. The average Bonchev–Trinajstić information content (AvgIpc) is 2.30. The number of carboxylic acid groups (broad SMARTS) is 1. The molecule has 0 aliphatic heterocycles. The summed E-state index contributed by atoms with van der Waals surface area (Å²) in [7, 11) is -3.91. The van der Waals surface area contributed by atoms with Gasteiger partial charge in [-0.1, -0.05) is 15.9 Å². The fraction of sp³-hybridized carbons (Fsp3) is 0.300. The monoisotopic (exact) mass is 415 g/mol. The van der Waals surface area contributed by atoms with Crippen molar-refractivity contribution < 1.29 is 23.4 Å². The van der Waals surface area contributed by atoms with Crippen molar-refractivity contribution in [3.8, 4) is 0 Å². The van der Waals surface area contributed by atoms with Crippen LogP contribution in [0.25, 0.3) is 0 Å². The lowest BCUT2D eigenvalue weighted by atomic mass is 10.2. The van der Waals surface area contributed by atoms with Crippen LogP contribution in [0.2, 0.25) is 0 Å². The van der Waals surface area contributed by atoms with E-state index in [4.69, 9.17) is 10.2 Å². The van der Waals surface area contributed by atoms with Crippen molar-refractivity contribution in [3.05, 3.63) is 26.6 Å². The van der Waals surface area contributed by atoms with Gasteiger partial charge in [-0.15, -0.1) is 0 Å². The largest absolute Gasteiger partial charge is 0.479 e. The molecule has 19 heavy (non-hydrogen) atoms. The predicted molar refractivity (Wildman–Crippen MR) is 75.4 cm³/mol.